The molecule has 0 fully saturated rings. The number of anilines is 1. The van der Waals surface area contributed by atoms with E-state index in [9.17, 15) is 9.59 Å². The summed E-state index contributed by atoms with van der Waals surface area (Å²) in [5, 5.41) is 5.45. The molecule has 2 amide bonds. The lowest BCUT2D eigenvalue weighted by atomic mass is 10.1. The van der Waals surface area contributed by atoms with Gasteiger partial charge in [-0.15, -0.1) is 0 Å². The summed E-state index contributed by atoms with van der Waals surface area (Å²) in [6.45, 7) is 1.89. The van der Waals surface area contributed by atoms with E-state index in [0.29, 0.717) is 35.6 Å². The van der Waals surface area contributed by atoms with Gasteiger partial charge in [0.05, 0.1) is 14.2 Å². The van der Waals surface area contributed by atoms with Gasteiger partial charge in [0.1, 0.15) is 11.5 Å². The largest absolute Gasteiger partial charge is 0.497 e. The Kier molecular flexibility index (Phi) is 6.60. The first-order valence-electron chi connectivity index (χ1n) is 8.31. The van der Waals surface area contributed by atoms with E-state index >= 15 is 0 Å². The van der Waals surface area contributed by atoms with E-state index in [1.165, 1.54) is 0 Å². The predicted octanol–water partition coefficient (Wildman–Crippen LogP) is 2.94. The fourth-order valence-electron chi connectivity index (χ4n) is 2.52. The smallest absolute Gasteiger partial charge is 0.251 e. The van der Waals surface area contributed by atoms with Crippen LogP contribution in [-0.4, -0.2) is 33.1 Å². The molecule has 0 aliphatic carbocycles. The van der Waals surface area contributed by atoms with Crippen LogP contribution in [0.15, 0.2) is 36.4 Å². The molecule has 0 atom stereocenters. The number of hydrogen-bond donors (Lipinski definition) is 2. The highest BCUT2D eigenvalue weighted by molar-refractivity contribution is 5.97. The van der Waals surface area contributed by atoms with Crippen LogP contribution in [0.4, 0.5) is 5.69 Å². The van der Waals surface area contributed by atoms with Crippen LogP contribution in [0, 0.1) is 6.92 Å². The van der Waals surface area contributed by atoms with Crippen LogP contribution in [0.1, 0.15) is 27.9 Å². The maximum atomic E-state index is 12.3. The van der Waals surface area contributed by atoms with Crippen LogP contribution in [0.3, 0.4) is 0 Å². The summed E-state index contributed by atoms with van der Waals surface area (Å²) in [4.78, 5) is 24.1. The Bertz CT molecular complexity index is 780. The summed E-state index contributed by atoms with van der Waals surface area (Å²) in [5.41, 5.74) is 2.99. The zero-order valence-corrected chi connectivity index (χ0v) is 15.5. The lowest BCUT2D eigenvalue weighted by Gasteiger charge is -2.11. The zero-order chi connectivity index (χ0) is 19.1. The van der Waals surface area contributed by atoms with Gasteiger partial charge in [0.25, 0.3) is 5.91 Å². The molecule has 2 aromatic carbocycles. The van der Waals surface area contributed by atoms with Crippen molar-refractivity contribution >= 4 is 17.5 Å². The molecule has 2 N–H and O–H groups in total. The summed E-state index contributed by atoms with van der Waals surface area (Å²) >= 11 is 0. The SMILES string of the molecule is CNC(=O)c1ccc(C)c(NC(=O)CCc2cc(OC)cc(OC)c2)c1. The van der Waals surface area contributed by atoms with Gasteiger partial charge in [-0.05, 0) is 48.7 Å². The lowest BCUT2D eigenvalue weighted by Crippen LogP contribution is -2.19. The second kappa shape index (κ2) is 8.89. The van der Waals surface area contributed by atoms with E-state index in [0.717, 1.165) is 11.1 Å². The molecule has 0 heterocycles. The van der Waals surface area contributed by atoms with Crippen molar-refractivity contribution in [2.45, 2.75) is 19.8 Å². The number of carbonyl (C=O) groups is 2. The van der Waals surface area contributed by atoms with Crippen molar-refractivity contribution in [3.8, 4) is 11.5 Å². The maximum Gasteiger partial charge on any atom is 0.251 e. The minimum atomic E-state index is -0.191. The summed E-state index contributed by atoms with van der Waals surface area (Å²) in [6, 6.07) is 10.8. The Morgan fingerprint density at radius 2 is 1.65 bits per heavy atom. The molecule has 6 nitrogen and oxygen atoms in total. The average molecular weight is 356 g/mol. The standard InChI is InChI=1S/C20H24N2O4/c1-13-5-7-15(20(24)21-2)11-18(13)22-19(23)8-6-14-9-16(25-3)12-17(10-14)26-4/h5,7,9-12H,6,8H2,1-4H3,(H,21,24)(H,22,23). The van der Waals surface area contributed by atoms with Crippen LogP contribution in [0.25, 0.3) is 0 Å². The highest BCUT2D eigenvalue weighted by Gasteiger charge is 2.10. The molecule has 0 saturated carbocycles. The molecule has 0 aliphatic rings. The predicted molar refractivity (Wildman–Crippen MR) is 101 cm³/mol. The van der Waals surface area contributed by atoms with Crippen molar-refractivity contribution in [3.05, 3.63) is 53.1 Å². The fraction of sp³-hybridized carbons (Fsp3) is 0.300. The Hall–Kier alpha value is -3.02. The minimum Gasteiger partial charge on any atom is -0.497 e. The molecule has 0 bridgehead atoms. The normalized spacial score (nSPS) is 10.2. The first-order valence-corrected chi connectivity index (χ1v) is 8.31. The second-order valence-electron chi connectivity index (χ2n) is 5.88. The number of hydrogen-bond acceptors (Lipinski definition) is 4. The van der Waals surface area contributed by atoms with Crippen LogP contribution in [-0.2, 0) is 11.2 Å². The molecule has 0 saturated heterocycles. The Balaban J connectivity index is 2.04. The van der Waals surface area contributed by atoms with E-state index in [1.54, 1.807) is 39.5 Å². The third-order valence-electron chi connectivity index (χ3n) is 4.05. The third kappa shape index (κ3) is 4.99. The van der Waals surface area contributed by atoms with Gasteiger partial charge in [-0.25, -0.2) is 0 Å². The van der Waals surface area contributed by atoms with Gasteiger partial charge in [0.2, 0.25) is 5.91 Å². The van der Waals surface area contributed by atoms with Crippen molar-refractivity contribution < 1.29 is 19.1 Å². The van der Waals surface area contributed by atoms with E-state index in [1.807, 2.05) is 25.1 Å². The Labute approximate surface area is 153 Å². The first-order chi connectivity index (χ1) is 12.5. The highest BCUT2D eigenvalue weighted by atomic mass is 16.5. The van der Waals surface area contributed by atoms with Gasteiger partial charge in [0, 0.05) is 30.8 Å². The maximum absolute atomic E-state index is 12.3. The molecule has 2 aromatic rings. The molecule has 0 unspecified atom stereocenters. The number of amides is 2. The third-order valence-corrected chi connectivity index (χ3v) is 4.05. The minimum absolute atomic E-state index is 0.121. The van der Waals surface area contributed by atoms with Gasteiger partial charge in [0.15, 0.2) is 0 Å². The van der Waals surface area contributed by atoms with Crippen LogP contribution in [0.2, 0.25) is 0 Å². The first kappa shape index (κ1) is 19.3. The van der Waals surface area contributed by atoms with Crippen molar-refractivity contribution in [1.29, 1.82) is 0 Å². The summed E-state index contributed by atoms with van der Waals surface area (Å²) in [5.74, 6) is 1.07. The van der Waals surface area contributed by atoms with Crippen molar-refractivity contribution in [3.63, 3.8) is 0 Å². The van der Waals surface area contributed by atoms with Crippen LogP contribution < -0.4 is 20.1 Å². The molecule has 138 valence electrons. The van der Waals surface area contributed by atoms with Gasteiger partial charge in [-0.1, -0.05) is 6.07 Å². The monoisotopic (exact) mass is 356 g/mol. The number of methoxy groups -OCH3 is 2. The zero-order valence-electron chi connectivity index (χ0n) is 15.5. The topological polar surface area (TPSA) is 76.7 Å². The number of rotatable bonds is 7. The second-order valence-corrected chi connectivity index (χ2v) is 5.88. The Morgan fingerprint density at radius 1 is 1.00 bits per heavy atom. The molecule has 0 aliphatic heterocycles. The molecule has 0 aromatic heterocycles. The summed E-state index contributed by atoms with van der Waals surface area (Å²) in [6.07, 6.45) is 0.855. The molecule has 0 radical (unpaired) electrons. The van der Waals surface area contributed by atoms with Crippen molar-refractivity contribution in [2.75, 3.05) is 26.6 Å². The fourth-order valence-corrected chi connectivity index (χ4v) is 2.52. The molecular weight excluding hydrogens is 332 g/mol. The molecular formula is C20H24N2O4. The van der Waals surface area contributed by atoms with Crippen molar-refractivity contribution in [1.82, 2.24) is 5.32 Å². The molecule has 2 rings (SSSR count). The van der Waals surface area contributed by atoms with E-state index in [-0.39, 0.29) is 11.8 Å². The van der Waals surface area contributed by atoms with E-state index in [4.69, 9.17) is 9.47 Å². The van der Waals surface area contributed by atoms with Gasteiger partial charge < -0.3 is 20.1 Å². The number of ether oxygens (including phenoxy) is 2. The molecule has 0 spiro atoms. The lowest BCUT2D eigenvalue weighted by molar-refractivity contribution is -0.116. The highest BCUT2D eigenvalue weighted by Crippen LogP contribution is 2.23. The summed E-state index contributed by atoms with van der Waals surface area (Å²) < 4.78 is 10.5. The molecule has 6 heteroatoms. The van der Waals surface area contributed by atoms with Crippen LogP contribution >= 0.6 is 0 Å². The summed E-state index contributed by atoms with van der Waals surface area (Å²) in [7, 11) is 4.75. The average Bonchev–Trinajstić information content (AvgIpc) is 2.67. The Morgan fingerprint density at radius 3 is 2.23 bits per heavy atom. The van der Waals surface area contributed by atoms with Gasteiger partial charge in [-0.2, -0.15) is 0 Å². The van der Waals surface area contributed by atoms with E-state index in [2.05, 4.69) is 10.6 Å². The number of nitrogens with one attached hydrogen (secondary N) is 2. The number of aryl methyl sites for hydroxylation is 2. The quantitative estimate of drug-likeness (QED) is 0.800. The van der Waals surface area contributed by atoms with Gasteiger partial charge in [-0.3, -0.25) is 9.59 Å². The van der Waals surface area contributed by atoms with Crippen molar-refractivity contribution in [2.24, 2.45) is 0 Å². The molecule has 26 heavy (non-hydrogen) atoms. The van der Waals surface area contributed by atoms with E-state index < -0.39 is 0 Å². The number of carbonyl (C=O) groups excluding carboxylic acids is 2. The van der Waals surface area contributed by atoms with Gasteiger partial charge >= 0.3 is 0 Å². The number of benzene rings is 2. The van der Waals surface area contributed by atoms with Crippen LogP contribution in [0.5, 0.6) is 11.5 Å².